The van der Waals surface area contributed by atoms with Crippen molar-refractivity contribution < 1.29 is 4.74 Å². The van der Waals surface area contributed by atoms with Crippen LogP contribution in [0.2, 0.25) is 0 Å². The van der Waals surface area contributed by atoms with E-state index in [1.807, 2.05) is 14.2 Å². The van der Waals surface area contributed by atoms with E-state index in [-0.39, 0.29) is 5.60 Å². The normalized spacial score (nSPS) is 38.1. The van der Waals surface area contributed by atoms with Crippen molar-refractivity contribution in [2.75, 3.05) is 20.7 Å². The summed E-state index contributed by atoms with van der Waals surface area (Å²) in [6, 6.07) is 0. The third kappa shape index (κ3) is 2.05. The van der Waals surface area contributed by atoms with Gasteiger partial charge in [0.2, 0.25) is 0 Å². The van der Waals surface area contributed by atoms with Crippen molar-refractivity contribution in [1.29, 1.82) is 0 Å². The lowest BCUT2D eigenvalue weighted by molar-refractivity contribution is -0.0374. The monoisotopic (exact) mass is 185 g/mol. The molecule has 2 nitrogen and oxygen atoms in total. The molecule has 0 aliphatic heterocycles. The minimum atomic E-state index is 0.0677. The minimum Gasteiger partial charge on any atom is -0.377 e. The fourth-order valence-corrected chi connectivity index (χ4v) is 2.95. The lowest BCUT2D eigenvalue weighted by atomic mass is 9.89. The number of nitrogens with one attached hydrogen (secondary N) is 1. The molecule has 2 heteroatoms. The van der Waals surface area contributed by atoms with E-state index in [9.17, 15) is 0 Å². The van der Waals surface area contributed by atoms with E-state index in [2.05, 4.69) is 26.1 Å². The third-order valence-electron chi connectivity index (χ3n) is 3.42. The number of methoxy groups -OCH3 is 1. The maximum atomic E-state index is 5.72. The van der Waals surface area contributed by atoms with Gasteiger partial charge in [-0.15, -0.1) is 0 Å². The molecule has 0 aromatic heterocycles. The average molecular weight is 185 g/mol. The maximum absolute atomic E-state index is 5.72. The van der Waals surface area contributed by atoms with Crippen molar-refractivity contribution in [2.24, 2.45) is 11.3 Å². The Morgan fingerprint density at radius 2 is 2.08 bits per heavy atom. The molecule has 0 saturated heterocycles. The van der Waals surface area contributed by atoms with E-state index in [4.69, 9.17) is 4.74 Å². The molecule has 1 rings (SSSR count). The molecule has 0 radical (unpaired) electrons. The largest absolute Gasteiger partial charge is 0.377 e. The zero-order valence-corrected chi connectivity index (χ0v) is 9.61. The third-order valence-corrected chi connectivity index (χ3v) is 3.42. The Morgan fingerprint density at radius 1 is 1.46 bits per heavy atom. The standard InChI is InChI=1S/C11H23NO/c1-9-6-10(2,3)7-11(9,13-5)8-12-4/h9,12H,6-8H2,1-5H3. The zero-order chi connectivity index (χ0) is 10.1. The lowest BCUT2D eigenvalue weighted by Gasteiger charge is -2.32. The molecule has 1 fully saturated rings. The number of likely N-dealkylation sites (N-methyl/N-ethyl adjacent to an activating group) is 1. The Kier molecular flexibility index (Phi) is 3.03. The number of hydrogen-bond donors (Lipinski definition) is 1. The van der Waals surface area contributed by atoms with Crippen LogP contribution in [0.5, 0.6) is 0 Å². The highest BCUT2D eigenvalue weighted by Crippen LogP contribution is 2.48. The molecular formula is C11H23NO. The van der Waals surface area contributed by atoms with Crippen LogP contribution in [0.1, 0.15) is 33.6 Å². The van der Waals surface area contributed by atoms with Crippen LogP contribution in [0.25, 0.3) is 0 Å². The van der Waals surface area contributed by atoms with Gasteiger partial charge in [0, 0.05) is 13.7 Å². The fourth-order valence-electron chi connectivity index (χ4n) is 2.95. The van der Waals surface area contributed by atoms with E-state index in [1.54, 1.807) is 0 Å². The van der Waals surface area contributed by atoms with Crippen molar-refractivity contribution >= 4 is 0 Å². The second-order valence-electron chi connectivity index (χ2n) is 5.25. The lowest BCUT2D eigenvalue weighted by Crippen LogP contribution is -2.43. The van der Waals surface area contributed by atoms with Crippen molar-refractivity contribution in [3.63, 3.8) is 0 Å². The molecule has 2 atom stereocenters. The molecule has 0 aromatic carbocycles. The zero-order valence-electron chi connectivity index (χ0n) is 9.61. The van der Waals surface area contributed by atoms with Gasteiger partial charge in [0.15, 0.2) is 0 Å². The first kappa shape index (κ1) is 11.0. The first-order chi connectivity index (χ1) is 5.96. The molecule has 1 N–H and O–H groups in total. The van der Waals surface area contributed by atoms with Crippen LogP contribution < -0.4 is 5.32 Å². The molecule has 2 unspecified atom stereocenters. The highest BCUT2D eigenvalue weighted by atomic mass is 16.5. The van der Waals surface area contributed by atoms with E-state index in [0.717, 1.165) is 6.54 Å². The van der Waals surface area contributed by atoms with Gasteiger partial charge in [-0.2, -0.15) is 0 Å². The van der Waals surface area contributed by atoms with Gasteiger partial charge < -0.3 is 10.1 Å². The Balaban J connectivity index is 2.76. The van der Waals surface area contributed by atoms with E-state index in [0.29, 0.717) is 11.3 Å². The predicted octanol–water partition coefficient (Wildman–Crippen LogP) is 2.05. The molecule has 0 aromatic rings. The average Bonchev–Trinajstić information content (AvgIpc) is 2.23. The first-order valence-electron chi connectivity index (χ1n) is 5.15. The van der Waals surface area contributed by atoms with Gasteiger partial charge in [0.1, 0.15) is 0 Å². The summed E-state index contributed by atoms with van der Waals surface area (Å²) in [7, 11) is 3.84. The van der Waals surface area contributed by atoms with Crippen LogP contribution in [0.4, 0.5) is 0 Å². The van der Waals surface area contributed by atoms with Gasteiger partial charge in [0.05, 0.1) is 5.60 Å². The Bertz CT molecular complexity index is 179. The predicted molar refractivity (Wildman–Crippen MR) is 55.8 cm³/mol. The molecular weight excluding hydrogens is 162 g/mol. The molecule has 1 aliphatic rings. The van der Waals surface area contributed by atoms with E-state index >= 15 is 0 Å². The summed E-state index contributed by atoms with van der Waals surface area (Å²) in [6.07, 6.45) is 2.43. The summed E-state index contributed by atoms with van der Waals surface area (Å²) in [5.74, 6) is 0.653. The quantitative estimate of drug-likeness (QED) is 0.726. The van der Waals surface area contributed by atoms with Gasteiger partial charge in [-0.1, -0.05) is 20.8 Å². The van der Waals surface area contributed by atoms with Crippen LogP contribution in [-0.2, 0) is 4.74 Å². The summed E-state index contributed by atoms with van der Waals surface area (Å²) < 4.78 is 5.72. The summed E-state index contributed by atoms with van der Waals surface area (Å²) in [5.41, 5.74) is 0.504. The SMILES string of the molecule is CNCC1(OC)CC(C)(C)CC1C. The van der Waals surface area contributed by atoms with Crippen molar-refractivity contribution in [1.82, 2.24) is 5.32 Å². The van der Waals surface area contributed by atoms with Crippen LogP contribution in [0.3, 0.4) is 0 Å². The summed E-state index contributed by atoms with van der Waals surface area (Å²) in [6.45, 7) is 7.93. The summed E-state index contributed by atoms with van der Waals surface area (Å²) >= 11 is 0. The molecule has 1 aliphatic carbocycles. The Labute approximate surface area is 82.0 Å². The van der Waals surface area contributed by atoms with E-state index < -0.39 is 0 Å². The Hall–Kier alpha value is -0.0800. The number of rotatable bonds is 3. The first-order valence-corrected chi connectivity index (χ1v) is 5.15. The summed E-state index contributed by atoms with van der Waals surface area (Å²) in [5, 5.41) is 3.24. The van der Waals surface area contributed by atoms with Crippen LogP contribution >= 0.6 is 0 Å². The maximum Gasteiger partial charge on any atom is 0.0832 e. The smallest absolute Gasteiger partial charge is 0.0832 e. The van der Waals surface area contributed by atoms with Crippen LogP contribution in [0, 0.1) is 11.3 Å². The number of ether oxygens (including phenoxy) is 1. The highest BCUT2D eigenvalue weighted by Gasteiger charge is 2.48. The molecule has 0 amide bonds. The van der Waals surface area contributed by atoms with Gasteiger partial charge in [0.25, 0.3) is 0 Å². The minimum absolute atomic E-state index is 0.0677. The van der Waals surface area contributed by atoms with Gasteiger partial charge in [-0.05, 0) is 31.2 Å². The molecule has 0 heterocycles. The molecule has 13 heavy (non-hydrogen) atoms. The molecule has 0 spiro atoms. The molecule has 1 saturated carbocycles. The number of hydrogen-bond acceptors (Lipinski definition) is 2. The second-order valence-corrected chi connectivity index (χ2v) is 5.25. The van der Waals surface area contributed by atoms with Gasteiger partial charge >= 0.3 is 0 Å². The van der Waals surface area contributed by atoms with E-state index in [1.165, 1.54) is 12.8 Å². The molecule has 0 bridgehead atoms. The van der Waals surface area contributed by atoms with Crippen molar-refractivity contribution in [2.45, 2.75) is 39.2 Å². The van der Waals surface area contributed by atoms with Crippen molar-refractivity contribution in [3.05, 3.63) is 0 Å². The Morgan fingerprint density at radius 3 is 2.38 bits per heavy atom. The van der Waals surface area contributed by atoms with Crippen LogP contribution in [-0.4, -0.2) is 26.3 Å². The second kappa shape index (κ2) is 3.58. The van der Waals surface area contributed by atoms with Crippen molar-refractivity contribution in [3.8, 4) is 0 Å². The highest BCUT2D eigenvalue weighted by molar-refractivity contribution is 5.00. The fraction of sp³-hybridized carbons (Fsp3) is 1.00. The molecule has 78 valence electrons. The van der Waals surface area contributed by atoms with Gasteiger partial charge in [-0.25, -0.2) is 0 Å². The topological polar surface area (TPSA) is 21.3 Å². The van der Waals surface area contributed by atoms with Crippen LogP contribution in [0.15, 0.2) is 0 Å². The summed E-state index contributed by atoms with van der Waals surface area (Å²) in [4.78, 5) is 0. The van der Waals surface area contributed by atoms with Gasteiger partial charge in [-0.3, -0.25) is 0 Å².